The first-order chi connectivity index (χ1) is 15.4. The van der Waals surface area contributed by atoms with E-state index < -0.39 is 17.4 Å². The van der Waals surface area contributed by atoms with Crippen molar-refractivity contribution in [3.05, 3.63) is 50.7 Å². The third-order valence-corrected chi connectivity index (χ3v) is 6.13. The molecule has 3 aromatic rings. The van der Waals surface area contributed by atoms with Gasteiger partial charge < -0.3 is 19.3 Å². The second-order valence-corrected chi connectivity index (χ2v) is 8.41. The van der Waals surface area contributed by atoms with Crippen molar-refractivity contribution in [1.29, 1.82) is 0 Å². The lowest BCUT2D eigenvalue weighted by molar-refractivity contribution is 0.0936. The standard InChI is InChI=1S/C23H31N5O4/c1-4-16-8-10-18(11-9-16)32-15-17(29)14-28-19-20(25(2)23(31)26(3)21(19)30)24-22(28)27-12-6-5-7-13-27/h8-11,17,29H,4-7,12-15H2,1-3H3. The molecule has 1 atom stereocenters. The second-order valence-electron chi connectivity index (χ2n) is 8.41. The third kappa shape index (κ3) is 4.17. The number of nitrogens with zero attached hydrogens (tertiary/aromatic N) is 5. The average Bonchev–Trinajstić information content (AvgIpc) is 3.20. The zero-order valence-electron chi connectivity index (χ0n) is 19.0. The molecule has 0 aliphatic carbocycles. The number of aromatic nitrogens is 4. The predicted octanol–water partition coefficient (Wildman–Crippen LogP) is 1.43. The van der Waals surface area contributed by atoms with Crippen molar-refractivity contribution in [3.63, 3.8) is 0 Å². The van der Waals surface area contributed by atoms with Crippen molar-refractivity contribution in [2.75, 3.05) is 24.6 Å². The summed E-state index contributed by atoms with van der Waals surface area (Å²) in [5.41, 5.74) is 1.04. The van der Waals surface area contributed by atoms with Crippen LogP contribution in [0.3, 0.4) is 0 Å². The minimum atomic E-state index is -0.858. The van der Waals surface area contributed by atoms with Gasteiger partial charge in [0.15, 0.2) is 11.2 Å². The number of benzene rings is 1. The van der Waals surface area contributed by atoms with E-state index in [9.17, 15) is 14.7 Å². The zero-order chi connectivity index (χ0) is 22.8. The third-order valence-electron chi connectivity index (χ3n) is 6.13. The fourth-order valence-corrected chi connectivity index (χ4v) is 4.22. The second kappa shape index (κ2) is 9.20. The van der Waals surface area contributed by atoms with Crippen LogP contribution < -0.4 is 20.9 Å². The van der Waals surface area contributed by atoms with Crippen LogP contribution in [-0.4, -0.2) is 49.6 Å². The van der Waals surface area contributed by atoms with E-state index in [-0.39, 0.29) is 13.2 Å². The summed E-state index contributed by atoms with van der Waals surface area (Å²) in [6, 6.07) is 7.79. The van der Waals surface area contributed by atoms with Gasteiger partial charge in [0.1, 0.15) is 18.5 Å². The van der Waals surface area contributed by atoms with E-state index >= 15 is 0 Å². The van der Waals surface area contributed by atoms with Gasteiger partial charge in [0.25, 0.3) is 5.56 Å². The van der Waals surface area contributed by atoms with E-state index in [0.29, 0.717) is 22.9 Å². The predicted molar refractivity (Wildman–Crippen MR) is 124 cm³/mol. The van der Waals surface area contributed by atoms with E-state index in [1.54, 1.807) is 11.6 Å². The Kier molecular flexibility index (Phi) is 6.36. The normalized spacial score (nSPS) is 15.3. The van der Waals surface area contributed by atoms with E-state index in [0.717, 1.165) is 43.3 Å². The lowest BCUT2D eigenvalue weighted by atomic mass is 10.1. The zero-order valence-corrected chi connectivity index (χ0v) is 19.0. The van der Waals surface area contributed by atoms with Crippen LogP contribution >= 0.6 is 0 Å². The molecule has 4 rings (SSSR count). The SMILES string of the molecule is CCc1ccc(OCC(O)Cn2c(N3CCCCC3)nc3c2c(=O)n(C)c(=O)n3C)cc1. The lowest BCUT2D eigenvalue weighted by Crippen LogP contribution is -2.38. The Morgan fingerprint density at radius 2 is 1.75 bits per heavy atom. The Morgan fingerprint density at radius 1 is 1.06 bits per heavy atom. The molecule has 172 valence electrons. The minimum Gasteiger partial charge on any atom is -0.491 e. The van der Waals surface area contributed by atoms with E-state index in [4.69, 9.17) is 4.74 Å². The number of hydrogen-bond donors (Lipinski definition) is 1. The van der Waals surface area contributed by atoms with Crippen LogP contribution in [0, 0.1) is 0 Å². The van der Waals surface area contributed by atoms with Crippen LogP contribution in [-0.2, 0) is 27.1 Å². The van der Waals surface area contributed by atoms with Crippen molar-refractivity contribution in [2.24, 2.45) is 14.1 Å². The van der Waals surface area contributed by atoms with Crippen LogP contribution in [0.5, 0.6) is 5.75 Å². The highest BCUT2D eigenvalue weighted by atomic mass is 16.5. The number of aliphatic hydroxyl groups is 1. The van der Waals surface area contributed by atoms with Crippen LogP contribution in [0.1, 0.15) is 31.7 Å². The summed E-state index contributed by atoms with van der Waals surface area (Å²) < 4.78 is 9.99. The first kappa shape index (κ1) is 22.1. The summed E-state index contributed by atoms with van der Waals surface area (Å²) in [5, 5.41) is 10.8. The number of piperidine rings is 1. The van der Waals surface area contributed by atoms with E-state index in [1.807, 2.05) is 24.3 Å². The Balaban J connectivity index is 1.66. The Labute approximate surface area is 186 Å². The van der Waals surface area contributed by atoms with Gasteiger partial charge in [0, 0.05) is 27.2 Å². The summed E-state index contributed by atoms with van der Waals surface area (Å²) in [4.78, 5) is 32.2. The Bertz CT molecular complexity index is 1200. The smallest absolute Gasteiger partial charge is 0.332 e. The molecule has 0 bridgehead atoms. The number of aryl methyl sites for hydroxylation is 2. The maximum atomic E-state index is 13.0. The van der Waals surface area contributed by atoms with Crippen molar-refractivity contribution < 1.29 is 9.84 Å². The highest BCUT2D eigenvalue weighted by Crippen LogP contribution is 2.23. The van der Waals surface area contributed by atoms with Gasteiger partial charge in [-0.2, -0.15) is 4.98 Å². The first-order valence-corrected chi connectivity index (χ1v) is 11.2. The topological polar surface area (TPSA) is 94.5 Å². The van der Waals surface area contributed by atoms with Gasteiger partial charge in [0.2, 0.25) is 5.95 Å². The van der Waals surface area contributed by atoms with E-state index in [2.05, 4.69) is 16.8 Å². The number of aliphatic hydroxyl groups excluding tert-OH is 1. The van der Waals surface area contributed by atoms with Crippen LogP contribution in [0.4, 0.5) is 5.95 Å². The van der Waals surface area contributed by atoms with Gasteiger partial charge in [-0.1, -0.05) is 19.1 Å². The maximum Gasteiger partial charge on any atom is 0.332 e. The molecule has 1 N–H and O–H groups in total. The fourth-order valence-electron chi connectivity index (χ4n) is 4.22. The fraction of sp³-hybridized carbons (Fsp3) is 0.522. The summed E-state index contributed by atoms with van der Waals surface area (Å²) in [6.07, 6.45) is 3.33. The van der Waals surface area contributed by atoms with Gasteiger partial charge in [-0.15, -0.1) is 0 Å². The number of fused-ring (bicyclic) bond motifs is 1. The molecule has 32 heavy (non-hydrogen) atoms. The molecule has 1 aromatic carbocycles. The van der Waals surface area contributed by atoms with Gasteiger partial charge in [-0.05, 0) is 43.4 Å². The van der Waals surface area contributed by atoms with Gasteiger partial charge in [0.05, 0.1) is 6.54 Å². The molecule has 1 aliphatic rings. The highest BCUT2D eigenvalue weighted by molar-refractivity contribution is 5.74. The molecule has 1 fully saturated rings. The molecule has 2 aromatic heterocycles. The van der Waals surface area contributed by atoms with Gasteiger partial charge in [-0.25, -0.2) is 4.79 Å². The summed E-state index contributed by atoms with van der Waals surface area (Å²) in [5.74, 6) is 1.30. The maximum absolute atomic E-state index is 13.0. The number of imidazole rings is 1. The quantitative estimate of drug-likeness (QED) is 0.596. The molecule has 9 heteroatoms. The lowest BCUT2D eigenvalue weighted by Gasteiger charge is -2.28. The van der Waals surface area contributed by atoms with Crippen LogP contribution in [0.25, 0.3) is 11.2 Å². The monoisotopic (exact) mass is 441 g/mol. The van der Waals surface area contributed by atoms with Crippen molar-refractivity contribution in [2.45, 2.75) is 45.3 Å². The molecule has 1 aliphatic heterocycles. The van der Waals surface area contributed by atoms with Crippen LogP contribution in [0.15, 0.2) is 33.9 Å². The van der Waals surface area contributed by atoms with Crippen molar-refractivity contribution in [1.82, 2.24) is 18.7 Å². The molecular formula is C23H31N5O4. The van der Waals surface area contributed by atoms with Gasteiger partial charge in [-0.3, -0.25) is 13.9 Å². The molecular weight excluding hydrogens is 410 g/mol. The van der Waals surface area contributed by atoms with Gasteiger partial charge >= 0.3 is 5.69 Å². The molecule has 0 amide bonds. The number of ether oxygens (including phenoxy) is 1. The molecule has 0 saturated carbocycles. The Morgan fingerprint density at radius 3 is 2.41 bits per heavy atom. The largest absolute Gasteiger partial charge is 0.491 e. The number of anilines is 1. The summed E-state index contributed by atoms with van der Waals surface area (Å²) in [6.45, 7) is 3.97. The molecule has 9 nitrogen and oxygen atoms in total. The summed E-state index contributed by atoms with van der Waals surface area (Å²) in [7, 11) is 3.07. The van der Waals surface area contributed by atoms with Crippen molar-refractivity contribution in [3.8, 4) is 5.75 Å². The molecule has 0 radical (unpaired) electrons. The molecule has 0 spiro atoms. The minimum absolute atomic E-state index is 0.0800. The van der Waals surface area contributed by atoms with Crippen molar-refractivity contribution >= 4 is 17.1 Å². The Hall–Kier alpha value is -3.07. The molecule has 1 unspecified atom stereocenters. The van der Waals surface area contributed by atoms with E-state index in [1.165, 1.54) is 17.2 Å². The number of rotatable bonds is 7. The van der Waals surface area contributed by atoms with Crippen LogP contribution in [0.2, 0.25) is 0 Å². The summed E-state index contributed by atoms with van der Waals surface area (Å²) >= 11 is 0. The average molecular weight is 442 g/mol. The first-order valence-electron chi connectivity index (χ1n) is 11.2. The molecule has 1 saturated heterocycles. The number of hydrogen-bond acceptors (Lipinski definition) is 6. The highest BCUT2D eigenvalue weighted by Gasteiger charge is 2.25. The molecule has 3 heterocycles.